The topological polar surface area (TPSA) is 41.5 Å². The molecule has 98 valence electrons. The van der Waals surface area contributed by atoms with Crippen molar-refractivity contribution in [3.63, 3.8) is 0 Å². The molecule has 1 atom stereocenters. The van der Waals surface area contributed by atoms with Crippen LogP contribution >= 0.6 is 0 Å². The van der Waals surface area contributed by atoms with E-state index in [4.69, 9.17) is 4.74 Å². The molecule has 0 unspecified atom stereocenters. The van der Waals surface area contributed by atoms with Gasteiger partial charge in [0, 0.05) is 11.6 Å². The Balaban J connectivity index is 1.95. The standard InChI is InChI=1S/C16H17NO2/c18-16-8-4-3-7-15(16)14-6-2-1-5-12(14)9-13-10-19-11-17-13/h1-8,13,17-18H,9-11H2/t13-/m0/s1. The molecule has 0 radical (unpaired) electrons. The zero-order valence-electron chi connectivity index (χ0n) is 10.7. The maximum absolute atomic E-state index is 10.0. The summed E-state index contributed by atoms with van der Waals surface area (Å²) in [4.78, 5) is 0. The molecular weight excluding hydrogens is 238 g/mol. The van der Waals surface area contributed by atoms with Crippen LogP contribution in [-0.2, 0) is 11.2 Å². The van der Waals surface area contributed by atoms with Crippen molar-refractivity contribution < 1.29 is 9.84 Å². The average Bonchev–Trinajstić information content (AvgIpc) is 2.93. The largest absolute Gasteiger partial charge is 0.507 e. The van der Waals surface area contributed by atoms with Gasteiger partial charge in [0.2, 0.25) is 0 Å². The first-order valence-electron chi connectivity index (χ1n) is 6.52. The Morgan fingerprint density at radius 3 is 2.53 bits per heavy atom. The van der Waals surface area contributed by atoms with Gasteiger partial charge in [-0.1, -0.05) is 42.5 Å². The van der Waals surface area contributed by atoms with E-state index < -0.39 is 0 Å². The number of rotatable bonds is 3. The highest BCUT2D eigenvalue weighted by atomic mass is 16.5. The molecular formula is C16H17NO2. The van der Waals surface area contributed by atoms with Gasteiger partial charge in [0.05, 0.1) is 13.3 Å². The fourth-order valence-electron chi connectivity index (χ4n) is 2.50. The smallest absolute Gasteiger partial charge is 0.123 e. The van der Waals surface area contributed by atoms with Crippen LogP contribution in [0.2, 0.25) is 0 Å². The first-order chi connectivity index (χ1) is 9.34. The average molecular weight is 255 g/mol. The minimum Gasteiger partial charge on any atom is -0.507 e. The van der Waals surface area contributed by atoms with Crippen molar-refractivity contribution >= 4 is 0 Å². The maximum Gasteiger partial charge on any atom is 0.123 e. The third kappa shape index (κ3) is 2.62. The summed E-state index contributed by atoms with van der Waals surface area (Å²) in [6.45, 7) is 1.37. The molecule has 0 spiro atoms. The number of phenols is 1. The van der Waals surface area contributed by atoms with E-state index in [9.17, 15) is 5.11 Å². The summed E-state index contributed by atoms with van der Waals surface area (Å²) in [5.74, 6) is 0.325. The van der Waals surface area contributed by atoms with E-state index in [1.165, 1.54) is 5.56 Å². The van der Waals surface area contributed by atoms with E-state index >= 15 is 0 Å². The van der Waals surface area contributed by atoms with E-state index in [0.717, 1.165) is 24.2 Å². The lowest BCUT2D eigenvalue weighted by Gasteiger charge is -2.14. The van der Waals surface area contributed by atoms with Gasteiger partial charge < -0.3 is 9.84 Å². The number of para-hydroxylation sites is 1. The molecule has 1 aliphatic rings. The molecule has 2 N–H and O–H groups in total. The summed E-state index contributed by atoms with van der Waals surface area (Å²) < 4.78 is 5.34. The third-order valence-electron chi connectivity index (χ3n) is 3.47. The molecule has 3 heteroatoms. The number of phenolic OH excluding ortho intramolecular Hbond substituents is 1. The first kappa shape index (κ1) is 12.2. The van der Waals surface area contributed by atoms with E-state index in [-0.39, 0.29) is 0 Å². The molecule has 1 fully saturated rings. The lowest BCUT2D eigenvalue weighted by atomic mass is 9.95. The second-order valence-corrected chi connectivity index (χ2v) is 4.79. The van der Waals surface area contributed by atoms with E-state index in [2.05, 4.69) is 17.4 Å². The Morgan fingerprint density at radius 2 is 1.79 bits per heavy atom. The summed E-state index contributed by atoms with van der Waals surface area (Å²) in [6.07, 6.45) is 0.907. The van der Waals surface area contributed by atoms with Crippen LogP contribution in [0.15, 0.2) is 48.5 Å². The molecule has 1 heterocycles. The Bertz CT molecular complexity index is 562. The van der Waals surface area contributed by atoms with Crippen molar-refractivity contribution in [1.82, 2.24) is 5.32 Å². The van der Waals surface area contributed by atoms with Gasteiger partial charge in [0.15, 0.2) is 0 Å². The lowest BCUT2D eigenvalue weighted by Crippen LogP contribution is -2.26. The number of nitrogens with one attached hydrogen (secondary N) is 1. The minimum atomic E-state index is 0.325. The van der Waals surface area contributed by atoms with Gasteiger partial charge in [0.1, 0.15) is 5.75 Å². The molecule has 19 heavy (non-hydrogen) atoms. The lowest BCUT2D eigenvalue weighted by molar-refractivity contribution is 0.189. The van der Waals surface area contributed by atoms with Gasteiger partial charge >= 0.3 is 0 Å². The van der Waals surface area contributed by atoms with E-state index in [1.54, 1.807) is 6.07 Å². The zero-order chi connectivity index (χ0) is 13.1. The molecule has 0 bridgehead atoms. The van der Waals surface area contributed by atoms with Crippen LogP contribution in [0.4, 0.5) is 0 Å². The van der Waals surface area contributed by atoms with Gasteiger partial charge in [0.25, 0.3) is 0 Å². The van der Waals surface area contributed by atoms with Crippen LogP contribution in [0.25, 0.3) is 11.1 Å². The summed E-state index contributed by atoms with van der Waals surface area (Å²) in [7, 11) is 0. The molecule has 3 nitrogen and oxygen atoms in total. The van der Waals surface area contributed by atoms with Crippen molar-refractivity contribution in [2.24, 2.45) is 0 Å². The van der Waals surface area contributed by atoms with Crippen molar-refractivity contribution in [3.8, 4) is 16.9 Å². The maximum atomic E-state index is 10.0. The molecule has 0 aromatic heterocycles. The van der Waals surface area contributed by atoms with E-state index in [0.29, 0.717) is 18.5 Å². The highest BCUT2D eigenvalue weighted by Gasteiger charge is 2.17. The fourth-order valence-corrected chi connectivity index (χ4v) is 2.50. The Morgan fingerprint density at radius 1 is 1.05 bits per heavy atom. The molecule has 1 aliphatic heterocycles. The molecule has 2 aromatic rings. The fraction of sp³-hybridized carbons (Fsp3) is 0.250. The Labute approximate surface area is 112 Å². The highest BCUT2D eigenvalue weighted by Crippen LogP contribution is 2.31. The summed E-state index contributed by atoms with van der Waals surface area (Å²) in [6, 6.07) is 16.0. The van der Waals surface area contributed by atoms with Crippen molar-refractivity contribution in [1.29, 1.82) is 0 Å². The van der Waals surface area contributed by atoms with Crippen LogP contribution in [0.5, 0.6) is 5.75 Å². The summed E-state index contributed by atoms with van der Waals surface area (Å²) in [5.41, 5.74) is 3.21. The monoisotopic (exact) mass is 255 g/mol. The Hall–Kier alpha value is -1.84. The van der Waals surface area contributed by atoms with Crippen molar-refractivity contribution in [2.75, 3.05) is 13.3 Å². The number of aromatic hydroxyl groups is 1. The Kier molecular flexibility index (Phi) is 3.49. The molecule has 1 saturated heterocycles. The normalized spacial score (nSPS) is 18.6. The summed E-state index contributed by atoms with van der Waals surface area (Å²) in [5, 5.41) is 13.3. The van der Waals surface area contributed by atoms with Crippen LogP contribution in [0.1, 0.15) is 5.56 Å². The molecule has 0 saturated carbocycles. The predicted octanol–water partition coefficient (Wildman–Crippen LogP) is 2.55. The second-order valence-electron chi connectivity index (χ2n) is 4.79. The SMILES string of the molecule is Oc1ccccc1-c1ccccc1C[C@H]1COCN1. The second kappa shape index (κ2) is 5.43. The molecule has 0 amide bonds. The summed E-state index contributed by atoms with van der Waals surface area (Å²) >= 11 is 0. The van der Waals surface area contributed by atoms with Crippen LogP contribution in [0, 0.1) is 0 Å². The van der Waals surface area contributed by atoms with Crippen LogP contribution in [-0.4, -0.2) is 24.5 Å². The van der Waals surface area contributed by atoms with Crippen molar-refractivity contribution in [2.45, 2.75) is 12.5 Å². The first-order valence-corrected chi connectivity index (χ1v) is 6.52. The number of hydrogen-bond acceptors (Lipinski definition) is 3. The number of hydrogen-bond donors (Lipinski definition) is 2. The van der Waals surface area contributed by atoms with Gasteiger partial charge in [-0.3, -0.25) is 5.32 Å². The van der Waals surface area contributed by atoms with Gasteiger partial charge in [-0.2, -0.15) is 0 Å². The predicted molar refractivity (Wildman–Crippen MR) is 75.0 cm³/mol. The highest BCUT2D eigenvalue weighted by molar-refractivity contribution is 5.73. The van der Waals surface area contributed by atoms with Crippen molar-refractivity contribution in [3.05, 3.63) is 54.1 Å². The third-order valence-corrected chi connectivity index (χ3v) is 3.47. The molecule has 0 aliphatic carbocycles. The van der Waals surface area contributed by atoms with Crippen LogP contribution < -0.4 is 5.32 Å². The van der Waals surface area contributed by atoms with E-state index in [1.807, 2.05) is 30.3 Å². The van der Waals surface area contributed by atoms with Gasteiger partial charge in [-0.15, -0.1) is 0 Å². The van der Waals surface area contributed by atoms with Gasteiger partial charge in [-0.05, 0) is 23.6 Å². The zero-order valence-corrected chi connectivity index (χ0v) is 10.7. The number of ether oxygens (including phenoxy) is 1. The van der Waals surface area contributed by atoms with Crippen LogP contribution in [0.3, 0.4) is 0 Å². The number of benzene rings is 2. The quantitative estimate of drug-likeness (QED) is 0.885. The molecule has 2 aromatic carbocycles. The minimum absolute atomic E-state index is 0.325. The molecule has 3 rings (SSSR count). The van der Waals surface area contributed by atoms with Gasteiger partial charge in [-0.25, -0.2) is 0 Å².